The Labute approximate surface area is 127 Å². The number of hydrogen-bond acceptors (Lipinski definition) is 3. The number of methoxy groups -OCH3 is 1. The fourth-order valence-corrected chi connectivity index (χ4v) is 2.77. The van der Waals surface area contributed by atoms with Crippen molar-refractivity contribution in [2.45, 2.75) is 46.2 Å². The number of likely N-dealkylation sites (tertiary alicyclic amines) is 1. The molecule has 1 aromatic carbocycles. The lowest BCUT2D eigenvalue weighted by Crippen LogP contribution is -2.30. The Balaban J connectivity index is 2.12. The second-order valence-electron chi connectivity index (χ2n) is 6.58. The number of amides is 1. The maximum Gasteiger partial charge on any atom is 0.222 e. The number of ether oxygens (including phenoxy) is 1. The molecule has 0 atom stereocenters. The number of rotatable bonds is 4. The van der Waals surface area contributed by atoms with Crippen molar-refractivity contribution in [2.75, 3.05) is 13.7 Å². The molecule has 1 fully saturated rings. The molecule has 4 heteroatoms. The average Bonchev–Trinajstić information content (AvgIpc) is 2.60. The van der Waals surface area contributed by atoms with E-state index in [1.165, 1.54) is 0 Å². The Morgan fingerprint density at radius 1 is 1.33 bits per heavy atom. The summed E-state index contributed by atoms with van der Waals surface area (Å²) in [7, 11) is 1.65. The van der Waals surface area contributed by atoms with Crippen molar-refractivity contribution >= 4 is 5.91 Å². The van der Waals surface area contributed by atoms with Crippen LogP contribution in [0.3, 0.4) is 0 Å². The fraction of sp³-hybridized carbons (Fsp3) is 0.588. The number of nitrogens with zero attached hydrogens (tertiary/aromatic N) is 1. The standard InChI is InChI=1S/C17H26N2O2/c1-17(2)7-6-16(20)19(9-8-17)12-13-4-5-15(21-3)14(10-13)11-18/h4-5,10H,6-9,11-12,18H2,1-3H3. The maximum absolute atomic E-state index is 12.3. The van der Waals surface area contributed by atoms with E-state index in [0.29, 0.717) is 19.5 Å². The van der Waals surface area contributed by atoms with Crippen LogP contribution in [0.25, 0.3) is 0 Å². The first-order chi connectivity index (χ1) is 9.95. The first-order valence-electron chi connectivity index (χ1n) is 7.59. The Hall–Kier alpha value is -1.55. The average molecular weight is 290 g/mol. The highest BCUT2D eigenvalue weighted by atomic mass is 16.5. The molecule has 1 amide bonds. The molecule has 0 aliphatic carbocycles. The van der Waals surface area contributed by atoms with Crippen LogP contribution >= 0.6 is 0 Å². The van der Waals surface area contributed by atoms with E-state index in [1.54, 1.807) is 7.11 Å². The van der Waals surface area contributed by atoms with E-state index in [2.05, 4.69) is 13.8 Å². The van der Waals surface area contributed by atoms with E-state index in [-0.39, 0.29) is 11.3 Å². The van der Waals surface area contributed by atoms with Gasteiger partial charge in [-0.15, -0.1) is 0 Å². The van der Waals surface area contributed by atoms with E-state index in [1.807, 2.05) is 23.1 Å². The summed E-state index contributed by atoms with van der Waals surface area (Å²) in [5, 5.41) is 0. The predicted octanol–water partition coefficient (Wildman–Crippen LogP) is 2.69. The van der Waals surface area contributed by atoms with Crippen molar-refractivity contribution < 1.29 is 9.53 Å². The Morgan fingerprint density at radius 3 is 2.76 bits per heavy atom. The molecule has 0 unspecified atom stereocenters. The van der Waals surface area contributed by atoms with Crippen molar-refractivity contribution in [1.82, 2.24) is 4.90 Å². The van der Waals surface area contributed by atoms with Gasteiger partial charge >= 0.3 is 0 Å². The topological polar surface area (TPSA) is 55.6 Å². The monoisotopic (exact) mass is 290 g/mol. The summed E-state index contributed by atoms with van der Waals surface area (Å²) in [6.45, 7) is 6.41. The van der Waals surface area contributed by atoms with Crippen molar-refractivity contribution in [1.29, 1.82) is 0 Å². The molecule has 0 spiro atoms. The summed E-state index contributed by atoms with van der Waals surface area (Å²) in [5.41, 5.74) is 8.11. The van der Waals surface area contributed by atoms with Gasteiger partial charge in [0.2, 0.25) is 5.91 Å². The van der Waals surface area contributed by atoms with Crippen molar-refractivity contribution in [3.63, 3.8) is 0 Å². The van der Waals surface area contributed by atoms with Crippen LogP contribution in [0.4, 0.5) is 0 Å². The number of carbonyl (C=O) groups is 1. The fourth-order valence-electron chi connectivity index (χ4n) is 2.77. The van der Waals surface area contributed by atoms with Gasteiger partial charge in [-0.05, 0) is 36.0 Å². The Bertz CT molecular complexity index is 512. The summed E-state index contributed by atoms with van der Waals surface area (Å²) in [6.07, 6.45) is 2.67. The molecular weight excluding hydrogens is 264 g/mol. The largest absolute Gasteiger partial charge is 0.496 e. The molecule has 2 rings (SSSR count). The molecule has 1 heterocycles. The van der Waals surface area contributed by atoms with Crippen LogP contribution in [0.2, 0.25) is 0 Å². The van der Waals surface area contributed by atoms with E-state index in [0.717, 1.165) is 36.3 Å². The highest BCUT2D eigenvalue weighted by Gasteiger charge is 2.27. The lowest BCUT2D eigenvalue weighted by Gasteiger charge is -2.24. The van der Waals surface area contributed by atoms with Gasteiger partial charge in [0.1, 0.15) is 5.75 Å². The van der Waals surface area contributed by atoms with Crippen molar-refractivity contribution in [3.05, 3.63) is 29.3 Å². The van der Waals surface area contributed by atoms with Gasteiger partial charge in [0.15, 0.2) is 0 Å². The number of nitrogens with two attached hydrogens (primary N) is 1. The molecule has 2 N–H and O–H groups in total. The third kappa shape index (κ3) is 3.97. The zero-order valence-corrected chi connectivity index (χ0v) is 13.3. The lowest BCUT2D eigenvalue weighted by atomic mass is 9.85. The molecule has 1 saturated heterocycles. The van der Waals surface area contributed by atoms with E-state index in [4.69, 9.17) is 10.5 Å². The van der Waals surface area contributed by atoms with Gasteiger partial charge in [-0.3, -0.25) is 4.79 Å². The summed E-state index contributed by atoms with van der Waals surface area (Å²) < 4.78 is 5.29. The van der Waals surface area contributed by atoms with E-state index >= 15 is 0 Å². The van der Waals surface area contributed by atoms with Crippen LogP contribution in [0.1, 0.15) is 44.2 Å². The van der Waals surface area contributed by atoms with Gasteiger partial charge in [0, 0.05) is 31.6 Å². The highest BCUT2D eigenvalue weighted by molar-refractivity contribution is 5.76. The summed E-state index contributed by atoms with van der Waals surface area (Å²) in [6, 6.07) is 5.99. The van der Waals surface area contributed by atoms with Crippen LogP contribution in [-0.2, 0) is 17.9 Å². The number of carbonyl (C=O) groups excluding carboxylic acids is 1. The van der Waals surface area contributed by atoms with Crippen LogP contribution in [0.5, 0.6) is 5.75 Å². The van der Waals surface area contributed by atoms with Crippen LogP contribution in [0.15, 0.2) is 18.2 Å². The Kier molecular flexibility index (Phi) is 4.88. The normalized spacial score (nSPS) is 18.5. The second-order valence-corrected chi connectivity index (χ2v) is 6.58. The molecular formula is C17H26N2O2. The van der Waals surface area contributed by atoms with Gasteiger partial charge < -0.3 is 15.4 Å². The van der Waals surface area contributed by atoms with Crippen LogP contribution in [0, 0.1) is 5.41 Å². The summed E-state index contributed by atoms with van der Waals surface area (Å²) in [5.74, 6) is 1.07. The number of benzene rings is 1. The minimum absolute atomic E-state index is 0.255. The quantitative estimate of drug-likeness (QED) is 0.927. The minimum Gasteiger partial charge on any atom is -0.496 e. The Morgan fingerprint density at radius 2 is 2.10 bits per heavy atom. The number of hydrogen-bond donors (Lipinski definition) is 1. The van der Waals surface area contributed by atoms with Gasteiger partial charge in [-0.1, -0.05) is 19.9 Å². The van der Waals surface area contributed by atoms with E-state index < -0.39 is 0 Å². The van der Waals surface area contributed by atoms with E-state index in [9.17, 15) is 4.79 Å². The SMILES string of the molecule is COc1ccc(CN2CCC(C)(C)CCC2=O)cc1CN. The predicted molar refractivity (Wildman–Crippen MR) is 83.9 cm³/mol. The maximum atomic E-state index is 12.3. The van der Waals surface area contributed by atoms with Crippen molar-refractivity contribution in [3.8, 4) is 5.75 Å². The van der Waals surface area contributed by atoms with Crippen molar-refractivity contribution in [2.24, 2.45) is 11.1 Å². The molecule has 0 saturated carbocycles. The molecule has 0 radical (unpaired) electrons. The third-order valence-corrected chi connectivity index (χ3v) is 4.37. The lowest BCUT2D eigenvalue weighted by molar-refractivity contribution is -0.131. The van der Waals surface area contributed by atoms with Gasteiger partial charge in [0.25, 0.3) is 0 Å². The molecule has 4 nitrogen and oxygen atoms in total. The molecule has 0 bridgehead atoms. The van der Waals surface area contributed by atoms with Gasteiger partial charge in [0.05, 0.1) is 7.11 Å². The zero-order valence-electron chi connectivity index (χ0n) is 13.3. The third-order valence-electron chi connectivity index (χ3n) is 4.37. The molecule has 116 valence electrons. The molecule has 1 aliphatic heterocycles. The molecule has 21 heavy (non-hydrogen) atoms. The molecule has 1 aliphatic rings. The highest BCUT2D eigenvalue weighted by Crippen LogP contribution is 2.31. The second kappa shape index (κ2) is 6.48. The van der Waals surface area contributed by atoms with Crippen LogP contribution in [-0.4, -0.2) is 24.5 Å². The van der Waals surface area contributed by atoms with Gasteiger partial charge in [-0.2, -0.15) is 0 Å². The zero-order chi connectivity index (χ0) is 15.5. The van der Waals surface area contributed by atoms with Crippen LogP contribution < -0.4 is 10.5 Å². The first kappa shape index (κ1) is 15.8. The smallest absolute Gasteiger partial charge is 0.222 e. The minimum atomic E-state index is 0.255. The van der Waals surface area contributed by atoms with Gasteiger partial charge in [-0.25, -0.2) is 0 Å². The summed E-state index contributed by atoms with van der Waals surface area (Å²) in [4.78, 5) is 14.2. The molecule has 1 aromatic rings. The first-order valence-corrected chi connectivity index (χ1v) is 7.59. The summed E-state index contributed by atoms with van der Waals surface area (Å²) >= 11 is 0. The molecule has 0 aromatic heterocycles.